The van der Waals surface area contributed by atoms with E-state index >= 15 is 0 Å². The van der Waals surface area contributed by atoms with Gasteiger partial charge in [0, 0.05) is 12.6 Å². The minimum atomic E-state index is -0.166. The molecule has 2 aliphatic rings. The van der Waals surface area contributed by atoms with Gasteiger partial charge in [0.05, 0.1) is 38.2 Å². The predicted octanol–water partition coefficient (Wildman–Crippen LogP) is 2.33. The lowest BCUT2D eigenvalue weighted by atomic mass is 9.82. The summed E-state index contributed by atoms with van der Waals surface area (Å²) >= 11 is 0. The summed E-state index contributed by atoms with van der Waals surface area (Å²) in [6.45, 7) is 5.63. The first-order valence-corrected chi connectivity index (χ1v) is 9.10. The lowest BCUT2D eigenvalue weighted by Gasteiger charge is -2.52. The quantitative estimate of drug-likeness (QED) is 0.816. The number of furan rings is 1. The van der Waals surface area contributed by atoms with Crippen LogP contribution in [0.5, 0.6) is 0 Å². The molecule has 7 heteroatoms. The van der Waals surface area contributed by atoms with Crippen molar-refractivity contribution in [2.75, 3.05) is 33.3 Å². The number of nitrogens with zero attached hydrogens (tertiary/aromatic N) is 3. The maximum atomic E-state index is 12.3. The summed E-state index contributed by atoms with van der Waals surface area (Å²) in [5.41, 5.74) is 0.555. The number of likely N-dealkylation sites (tertiary alicyclic amines) is 1. The Morgan fingerprint density at radius 2 is 2.31 bits per heavy atom. The van der Waals surface area contributed by atoms with Crippen LogP contribution in [0.3, 0.4) is 0 Å². The predicted molar refractivity (Wildman–Crippen MR) is 93.6 cm³/mol. The number of ether oxygens (including phenoxy) is 1. The number of hydrogen-bond donors (Lipinski definition) is 0. The van der Waals surface area contributed by atoms with Gasteiger partial charge < -0.3 is 18.6 Å². The number of amides is 1. The normalized spacial score (nSPS) is 22.0. The fourth-order valence-electron chi connectivity index (χ4n) is 3.90. The summed E-state index contributed by atoms with van der Waals surface area (Å²) in [4.78, 5) is 16.4. The molecule has 0 radical (unpaired) electrons. The molecule has 1 unspecified atom stereocenters. The zero-order valence-electron chi connectivity index (χ0n) is 15.3. The molecule has 7 nitrogen and oxygen atoms in total. The van der Waals surface area contributed by atoms with Crippen molar-refractivity contribution in [2.24, 2.45) is 5.92 Å². The molecule has 26 heavy (non-hydrogen) atoms. The summed E-state index contributed by atoms with van der Waals surface area (Å²) < 4.78 is 16.7. The largest absolute Gasteiger partial charge is 0.468 e. The second kappa shape index (κ2) is 6.89. The molecular weight excluding hydrogens is 334 g/mol. The van der Waals surface area contributed by atoms with Crippen LogP contribution in [-0.2, 0) is 11.3 Å². The Balaban J connectivity index is 1.22. The first-order valence-electron chi connectivity index (χ1n) is 9.10. The van der Waals surface area contributed by atoms with E-state index in [9.17, 15) is 4.79 Å². The molecule has 2 aromatic heterocycles. The Hall–Kier alpha value is -2.12. The monoisotopic (exact) mass is 359 g/mol. The highest BCUT2D eigenvalue weighted by Gasteiger charge is 2.49. The zero-order chi connectivity index (χ0) is 18.1. The summed E-state index contributed by atoms with van der Waals surface area (Å²) in [7, 11) is 2.11. The summed E-state index contributed by atoms with van der Waals surface area (Å²) in [6.07, 6.45) is 3.82. The first-order chi connectivity index (χ1) is 12.5. The number of carbonyl (C=O) groups excluding carboxylic acids is 1. The third-order valence-corrected chi connectivity index (χ3v) is 5.29. The molecular formula is C19H25N3O4. The molecule has 0 bridgehead atoms. The van der Waals surface area contributed by atoms with Crippen LogP contribution >= 0.6 is 0 Å². The van der Waals surface area contributed by atoms with E-state index < -0.39 is 0 Å². The van der Waals surface area contributed by atoms with Crippen molar-refractivity contribution in [3.8, 4) is 0 Å². The summed E-state index contributed by atoms with van der Waals surface area (Å²) in [5, 5.41) is 3.78. The lowest BCUT2D eigenvalue weighted by molar-refractivity contribution is -0.168. The Kier molecular flexibility index (Phi) is 4.58. The molecule has 2 fully saturated rings. The Morgan fingerprint density at radius 3 is 2.92 bits per heavy atom. The van der Waals surface area contributed by atoms with Gasteiger partial charge in [-0.1, -0.05) is 5.16 Å². The molecule has 2 aromatic rings. The Labute approximate surface area is 152 Å². The molecule has 0 saturated carbocycles. The fraction of sp³-hybridized carbons (Fsp3) is 0.579. The molecule has 1 atom stereocenters. The van der Waals surface area contributed by atoms with E-state index in [0.717, 1.165) is 44.0 Å². The molecule has 0 aromatic carbocycles. The molecule has 4 rings (SSSR count). The fourth-order valence-corrected chi connectivity index (χ4v) is 3.90. The van der Waals surface area contributed by atoms with E-state index in [4.69, 9.17) is 13.7 Å². The highest BCUT2D eigenvalue weighted by Crippen LogP contribution is 2.37. The van der Waals surface area contributed by atoms with E-state index in [0.29, 0.717) is 24.8 Å². The van der Waals surface area contributed by atoms with Crippen molar-refractivity contribution < 1.29 is 18.5 Å². The molecule has 0 aliphatic carbocycles. The molecule has 2 saturated heterocycles. The third-order valence-electron chi connectivity index (χ3n) is 5.29. The van der Waals surface area contributed by atoms with Gasteiger partial charge in [-0.05, 0) is 44.9 Å². The van der Waals surface area contributed by atoms with Gasteiger partial charge in [0.1, 0.15) is 11.4 Å². The minimum absolute atomic E-state index is 0.0971. The van der Waals surface area contributed by atoms with Gasteiger partial charge >= 0.3 is 0 Å². The molecule has 4 heterocycles. The van der Waals surface area contributed by atoms with Crippen molar-refractivity contribution in [3.63, 3.8) is 0 Å². The molecule has 140 valence electrons. The van der Waals surface area contributed by atoms with Crippen molar-refractivity contribution in [2.45, 2.75) is 31.9 Å². The lowest BCUT2D eigenvalue weighted by Crippen LogP contribution is -2.66. The minimum Gasteiger partial charge on any atom is -0.468 e. The highest BCUT2D eigenvalue weighted by atomic mass is 16.5. The van der Waals surface area contributed by atoms with Gasteiger partial charge in [-0.15, -0.1) is 0 Å². The van der Waals surface area contributed by atoms with Crippen LogP contribution < -0.4 is 0 Å². The SMILES string of the molecule is Cc1cc(C(=O)N2CC3(CCC(CN(C)Cc4ccco4)CO3)C2)on1. The number of hydrogen-bond acceptors (Lipinski definition) is 6. The van der Waals surface area contributed by atoms with Crippen LogP contribution in [0.4, 0.5) is 0 Å². The van der Waals surface area contributed by atoms with Gasteiger partial charge in [-0.25, -0.2) is 0 Å². The van der Waals surface area contributed by atoms with Crippen LogP contribution in [0.2, 0.25) is 0 Å². The number of aromatic nitrogens is 1. The van der Waals surface area contributed by atoms with Gasteiger partial charge in [-0.2, -0.15) is 0 Å². The number of aryl methyl sites for hydroxylation is 1. The average Bonchev–Trinajstić information content (AvgIpc) is 3.24. The van der Waals surface area contributed by atoms with Gasteiger partial charge in [0.15, 0.2) is 0 Å². The summed E-state index contributed by atoms with van der Waals surface area (Å²) in [5.74, 6) is 1.71. The topological polar surface area (TPSA) is 72.0 Å². The zero-order valence-corrected chi connectivity index (χ0v) is 15.3. The van der Waals surface area contributed by atoms with E-state index in [1.807, 2.05) is 19.1 Å². The van der Waals surface area contributed by atoms with Crippen molar-refractivity contribution >= 4 is 5.91 Å². The van der Waals surface area contributed by atoms with Gasteiger partial charge in [-0.3, -0.25) is 9.69 Å². The maximum Gasteiger partial charge on any atom is 0.292 e. The van der Waals surface area contributed by atoms with Crippen LogP contribution in [0.15, 0.2) is 33.4 Å². The smallest absolute Gasteiger partial charge is 0.292 e. The van der Waals surface area contributed by atoms with Crippen LogP contribution in [-0.4, -0.2) is 59.8 Å². The van der Waals surface area contributed by atoms with Crippen molar-refractivity contribution in [1.29, 1.82) is 0 Å². The van der Waals surface area contributed by atoms with Gasteiger partial charge in [0.2, 0.25) is 5.76 Å². The molecule has 1 amide bonds. The number of carbonyl (C=O) groups is 1. The highest BCUT2D eigenvalue weighted by molar-refractivity contribution is 5.92. The van der Waals surface area contributed by atoms with Crippen molar-refractivity contribution in [3.05, 3.63) is 41.7 Å². The molecule has 2 aliphatic heterocycles. The Bertz CT molecular complexity index is 739. The van der Waals surface area contributed by atoms with E-state index in [-0.39, 0.29) is 11.5 Å². The standard InChI is InChI=1S/C19H25N3O4/c1-14-8-17(26-20-14)18(23)22-12-19(13-22)6-5-15(11-25-19)9-21(2)10-16-4-3-7-24-16/h3-4,7-8,15H,5-6,9-13H2,1-2H3. The average molecular weight is 359 g/mol. The summed E-state index contributed by atoms with van der Waals surface area (Å²) in [6, 6.07) is 5.60. The van der Waals surface area contributed by atoms with Gasteiger partial charge in [0.25, 0.3) is 5.91 Å². The second-order valence-corrected chi connectivity index (χ2v) is 7.67. The van der Waals surface area contributed by atoms with E-state index in [1.165, 1.54) is 0 Å². The van der Waals surface area contributed by atoms with E-state index in [2.05, 4.69) is 17.1 Å². The third kappa shape index (κ3) is 3.54. The second-order valence-electron chi connectivity index (χ2n) is 7.67. The van der Waals surface area contributed by atoms with Crippen molar-refractivity contribution in [1.82, 2.24) is 15.0 Å². The number of rotatable bonds is 5. The van der Waals surface area contributed by atoms with Crippen LogP contribution in [0.25, 0.3) is 0 Å². The first kappa shape index (κ1) is 17.3. The van der Waals surface area contributed by atoms with Crippen LogP contribution in [0.1, 0.15) is 34.9 Å². The van der Waals surface area contributed by atoms with Crippen LogP contribution in [0, 0.1) is 12.8 Å². The Morgan fingerprint density at radius 1 is 1.46 bits per heavy atom. The maximum absolute atomic E-state index is 12.3. The molecule has 1 spiro atoms. The van der Waals surface area contributed by atoms with E-state index in [1.54, 1.807) is 17.2 Å². The molecule has 0 N–H and O–H groups in total.